The van der Waals surface area contributed by atoms with Gasteiger partial charge in [0.25, 0.3) is 0 Å². The average Bonchev–Trinajstić information content (AvgIpc) is 2.39. The minimum absolute atomic E-state index is 0.0722. The number of ether oxygens (including phenoxy) is 1. The van der Waals surface area contributed by atoms with E-state index in [0.717, 1.165) is 41.7 Å². The molecule has 1 N–H and O–H groups in total. The molecule has 1 heterocycles. The number of benzene rings is 1. The van der Waals surface area contributed by atoms with Crippen molar-refractivity contribution < 1.29 is 9.84 Å². The lowest BCUT2D eigenvalue weighted by atomic mass is 9.94. The smallest absolute Gasteiger partial charge is 0.0825 e. The first-order valence-corrected chi connectivity index (χ1v) is 7.07. The molecule has 1 unspecified atom stereocenters. The number of methoxy groups -OCH3 is 1. The van der Waals surface area contributed by atoms with Gasteiger partial charge < -0.3 is 14.7 Å². The summed E-state index contributed by atoms with van der Waals surface area (Å²) in [7, 11) is 1.78. The second kappa shape index (κ2) is 5.59. The van der Waals surface area contributed by atoms with Crippen molar-refractivity contribution in [3.8, 4) is 0 Å². The van der Waals surface area contributed by atoms with Crippen molar-refractivity contribution in [1.29, 1.82) is 0 Å². The van der Waals surface area contributed by atoms with E-state index in [1.165, 1.54) is 0 Å². The molecule has 3 nitrogen and oxygen atoms in total. The summed E-state index contributed by atoms with van der Waals surface area (Å²) in [6.45, 7) is 4.11. The maximum atomic E-state index is 9.45. The second-order valence-corrected chi connectivity index (χ2v) is 6.03. The highest BCUT2D eigenvalue weighted by molar-refractivity contribution is 9.10. The van der Waals surface area contributed by atoms with Crippen LogP contribution in [0, 0.1) is 0 Å². The Morgan fingerprint density at radius 2 is 2.28 bits per heavy atom. The highest BCUT2D eigenvalue weighted by Crippen LogP contribution is 2.31. The standard InChI is InChI=1S/C14H20BrNO2/c1-14(18-2)6-3-7-16(10-14)13-8-12(15)5-4-11(13)9-17/h4-5,8,17H,3,6-7,9-10H2,1-2H3. The predicted molar refractivity (Wildman–Crippen MR) is 76.9 cm³/mol. The van der Waals surface area contributed by atoms with Gasteiger partial charge in [-0.25, -0.2) is 0 Å². The first kappa shape index (κ1) is 13.8. The van der Waals surface area contributed by atoms with E-state index in [4.69, 9.17) is 4.74 Å². The van der Waals surface area contributed by atoms with Crippen molar-refractivity contribution in [1.82, 2.24) is 0 Å². The molecular weight excluding hydrogens is 294 g/mol. The van der Waals surface area contributed by atoms with Gasteiger partial charge in [0.1, 0.15) is 0 Å². The molecule has 0 bridgehead atoms. The summed E-state index contributed by atoms with van der Waals surface area (Å²) in [5.41, 5.74) is 1.99. The zero-order chi connectivity index (χ0) is 13.2. The number of halogens is 1. The van der Waals surface area contributed by atoms with Gasteiger partial charge >= 0.3 is 0 Å². The maximum absolute atomic E-state index is 9.45. The number of aliphatic hydroxyl groups excluding tert-OH is 1. The summed E-state index contributed by atoms with van der Waals surface area (Å²) in [6.07, 6.45) is 2.20. The van der Waals surface area contributed by atoms with Crippen LogP contribution in [0.4, 0.5) is 5.69 Å². The first-order valence-electron chi connectivity index (χ1n) is 6.27. The fourth-order valence-corrected chi connectivity index (χ4v) is 2.89. The highest BCUT2D eigenvalue weighted by Gasteiger charge is 2.31. The molecule has 1 aliphatic rings. The summed E-state index contributed by atoms with van der Waals surface area (Å²) in [4.78, 5) is 2.31. The summed E-state index contributed by atoms with van der Waals surface area (Å²) >= 11 is 3.50. The van der Waals surface area contributed by atoms with Gasteiger partial charge in [-0.1, -0.05) is 22.0 Å². The van der Waals surface area contributed by atoms with Crippen LogP contribution in [0.2, 0.25) is 0 Å². The first-order chi connectivity index (χ1) is 8.58. The number of hydrogen-bond acceptors (Lipinski definition) is 3. The Bertz CT molecular complexity index is 424. The minimum Gasteiger partial charge on any atom is -0.392 e. The Morgan fingerprint density at radius 1 is 1.50 bits per heavy atom. The summed E-state index contributed by atoms with van der Waals surface area (Å²) < 4.78 is 6.66. The molecule has 1 atom stereocenters. The van der Waals surface area contributed by atoms with Gasteiger partial charge in [0, 0.05) is 35.9 Å². The molecule has 1 aromatic carbocycles. The van der Waals surface area contributed by atoms with E-state index in [9.17, 15) is 5.11 Å². The number of nitrogens with zero attached hydrogens (tertiary/aromatic N) is 1. The molecule has 0 amide bonds. The summed E-state index contributed by atoms with van der Waals surface area (Å²) in [6, 6.07) is 6.01. The maximum Gasteiger partial charge on any atom is 0.0825 e. The molecule has 1 aromatic rings. The third-order valence-electron chi connectivity index (χ3n) is 3.71. The SMILES string of the molecule is COC1(C)CCCN(c2cc(Br)ccc2CO)C1. The highest BCUT2D eigenvalue weighted by atomic mass is 79.9. The number of rotatable bonds is 3. The quantitative estimate of drug-likeness (QED) is 0.931. The fourth-order valence-electron chi connectivity index (χ4n) is 2.54. The third kappa shape index (κ3) is 2.87. The van der Waals surface area contributed by atoms with E-state index in [-0.39, 0.29) is 12.2 Å². The van der Waals surface area contributed by atoms with Crippen LogP contribution in [0.3, 0.4) is 0 Å². The van der Waals surface area contributed by atoms with Crippen molar-refractivity contribution in [2.45, 2.75) is 32.0 Å². The lowest BCUT2D eigenvalue weighted by Gasteiger charge is -2.41. The van der Waals surface area contributed by atoms with Gasteiger partial charge in [-0.2, -0.15) is 0 Å². The number of anilines is 1. The Labute approximate surface area is 117 Å². The van der Waals surface area contributed by atoms with E-state index < -0.39 is 0 Å². The molecule has 4 heteroatoms. The Kier molecular flexibility index (Phi) is 4.30. The van der Waals surface area contributed by atoms with Crippen molar-refractivity contribution in [3.05, 3.63) is 28.2 Å². The Balaban J connectivity index is 2.28. The molecule has 0 radical (unpaired) electrons. The lowest BCUT2D eigenvalue weighted by molar-refractivity contribution is -0.00472. The molecule has 18 heavy (non-hydrogen) atoms. The monoisotopic (exact) mass is 313 g/mol. The molecule has 100 valence electrons. The van der Waals surface area contributed by atoms with E-state index in [1.807, 2.05) is 12.1 Å². The number of piperidine rings is 1. The summed E-state index contributed by atoms with van der Waals surface area (Å²) in [5.74, 6) is 0. The second-order valence-electron chi connectivity index (χ2n) is 5.11. The van der Waals surface area contributed by atoms with Gasteiger partial charge in [-0.3, -0.25) is 0 Å². The van der Waals surface area contributed by atoms with Crippen molar-refractivity contribution in [3.63, 3.8) is 0 Å². The Hall–Kier alpha value is -0.580. The Morgan fingerprint density at radius 3 is 2.94 bits per heavy atom. The van der Waals surface area contributed by atoms with Crippen LogP contribution in [-0.4, -0.2) is 30.9 Å². The predicted octanol–water partition coefficient (Wildman–Crippen LogP) is 2.95. The molecule has 1 aliphatic heterocycles. The van der Waals surface area contributed by atoms with E-state index in [1.54, 1.807) is 7.11 Å². The van der Waals surface area contributed by atoms with Gasteiger partial charge in [0.15, 0.2) is 0 Å². The topological polar surface area (TPSA) is 32.7 Å². The van der Waals surface area contributed by atoms with Gasteiger partial charge in [-0.15, -0.1) is 0 Å². The van der Waals surface area contributed by atoms with Gasteiger partial charge in [0.2, 0.25) is 0 Å². The van der Waals surface area contributed by atoms with Crippen LogP contribution >= 0.6 is 15.9 Å². The molecule has 0 saturated carbocycles. The molecule has 0 spiro atoms. The van der Waals surface area contributed by atoms with Gasteiger partial charge in [0.05, 0.1) is 12.2 Å². The lowest BCUT2D eigenvalue weighted by Crippen LogP contribution is -2.47. The van der Waals surface area contributed by atoms with E-state index in [0.29, 0.717) is 0 Å². The van der Waals surface area contributed by atoms with E-state index >= 15 is 0 Å². The van der Waals surface area contributed by atoms with Crippen LogP contribution in [0.25, 0.3) is 0 Å². The average molecular weight is 314 g/mol. The fraction of sp³-hybridized carbons (Fsp3) is 0.571. The van der Waals surface area contributed by atoms with Crippen LogP contribution in [0.1, 0.15) is 25.3 Å². The molecule has 2 rings (SSSR count). The zero-order valence-corrected chi connectivity index (χ0v) is 12.5. The molecule has 0 aliphatic carbocycles. The summed E-state index contributed by atoms with van der Waals surface area (Å²) in [5, 5.41) is 9.45. The largest absolute Gasteiger partial charge is 0.392 e. The molecular formula is C14H20BrNO2. The van der Waals surface area contributed by atoms with Crippen LogP contribution < -0.4 is 4.90 Å². The number of hydrogen-bond donors (Lipinski definition) is 1. The van der Waals surface area contributed by atoms with Crippen molar-refractivity contribution >= 4 is 21.6 Å². The third-order valence-corrected chi connectivity index (χ3v) is 4.20. The molecule has 1 saturated heterocycles. The van der Waals surface area contributed by atoms with Crippen LogP contribution in [-0.2, 0) is 11.3 Å². The van der Waals surface area contributed by atoms with E-state index in [2.05, 4.69) is 33.8 Å². The molecule has 0 aromatic heterocycles. The normalized spacial score (nSPS) is 24.3. The zero-order valence-electron chi connectivity index (χ0n) is 10.9. The number of aliphatic hydroxyl groups is 1. The van der Waals surface area contributed by atoms with Crippen molar-refractivity contribution in [2.24, 2.45) is 0 Å². The van der Waals surface area contributed by atoms with Gasteiger partial charge in [-0.05, 0) is 31.9 Å². The van der Waals surface area contributed by atoms with Crippen LogP contribution in [0.5, 0.6) is 0 Å². The van der Waals surface area contributed by atoms with Crippen LogP contribution in [0.15, 0.2) is 22.7 Å². The minimum atomic E-state index is -0.0900. The molecule has 1 fully saturated rings. The van der Waals surface area contributed by atoms with Crippen molar-refractivity contribution in [2.75, 3.05) is 25.1 Å².